The molecule has 2 N–H and O–H groups in total. The summed E-state index contributed by atoms with van der Waals surface area (Å²) in [6, 6.07) is 11.4. The topological polar surface area (TPSA) is 88.0 Å². The molecule has 0 aliphatic heterocycles. The number of rotatable bonds is 7. The Morgan fingerprint density at radius 1 is 1.14 bits per heavy atom. The average Bonchev–Trinajstić information content (AvgIpc) is 2.74. The number of amides is 1. The van der Waals surface area contributed by atoms with Gasteiger partial charge in [0.2, 0.25) is 0 Å². The average molecular weight is 390 g/mol. The molecule has 1 amide bonds. The first-order valence-electron chi connectivity index (χ1n) is 9.58. The maximum Gasteiger partial charge on any atom is 0.251 e. The zero-order valence-electron chi connectivity index (χ0n) is 17.0. The van der Waals surface area contributed by atoms with Gasteiger partial charge in [-0.15, -0.1) is 0 Å². The lowest BCUT2D eigenvalue weighted by atomic mass is 9.94. The summed E-state index contributed by atoms with van der Waals surface area (Å²) in [7, 11) is 0. The third kappa shape index (κ3) is 5.23. The molecule has 0 bridgehead atoms. The highest BCUT2D eigenvalue weighted by molar-refractivity contribution is 5.94. The van der Waals surface area contributed by atoms with Crippen LogP contribution in [0.1, 0.15) is 41.0 Å². The van der Waals surface area contributed by atoms with Crippen molar-refractivity contribution >= 4 is 5.91 Å². The number of nitrogens with zero attached hydrogens (tertiary/aromatic N) is 3. The Labute approximate surface area is 171 Å². The van der Waals surface area contributed by atoms with Gasteiger partial charge in [0.15, 0.2) is 0 Å². The molecular weight excluding hydrogens is 364 g/mol. The van der Waals surface area contributed by atoms with E-state index < -0.39 is 0 Å². The fraction of sp³-hybridized carbons (Fsp3) is 0.304. The Kier molecular flexibility index (Phi) is 6.34. The van der Waals surface area contributed by atoms with E-state index >= 15 is 0 Å². The maximum atomic E-state index is 12.6. The highest BCUT2D eigenvalue weighted by Crippen LogP contribution is 2.23. The van der Waals surface area contributed by atoms with Crippen molar-refractivity contribution in [3.8, 4) is 11.3 Å². The van der Waals surface area contributed by atoms with Gasteiger partial charge >= 0.3 is 0 Å². The first-order valence-corrected chi connectivity index (χ1v) is 9.58. The minimum Gasteiger partial charge on any atom is -0.396 e. The molecule has 6 nitrogen and oxygen atoms in total. The van der Waals surface area contributed by atoms with Gasteiger partial charge in [0.05, 0.1) is 11.4 Å². The molecule has 0 spiro atoms. The summed E-state index contributed by atoms with van der Waals surface area (Å²) in [4.78, 5) is 25.5. The lowest BCUT2D eigenvalue weighted by molar-refractivity contribution is 0.0911. The molecular formula is C23H26N4O2. The third-order valence-electron chi connectivity index (χ3n) is 4.87. The fourth-order valence-corrected chi connectivity index (χ4v) is 2.92. The zero-order chi connectivity index (χ0) is 20.9. The first kappa shape index (κ1) is 20.6. The molecule has 2 aromatic heterocycles. The van der Waals surface area contributed by atoms with Crippen molar-refractivity contribution < 1.29 is 9.90 Å². The van der Waals surface area contributed by atoms with Crippen LogP contribution < -0.4 is 5.32 Å². The summed E-state index contributed by atoms with van der Waals surface area (Å²) in [5.41, 5.74) is 5.04. The Hall–Kier alpha value is -3.12. The van der Waals surface area contributed by atoms with Crippen molar-refractivity contribution in [1.29, 1.82) is 0 Å². The molecule has 2 heterocycles. The molecule has 0 fully saturated rings. The predicted octanol–water partition coefficient (Wildman–Crippen LogP) is 3.19. The van der Waals surface area contributed by atoms with E-state index in [9.17, 15) is 9.90 Å². The molecule has 0 saturated carbocycles. The molecule has 0 radical (unpaired) electrons. The molecule has 0 aliphatic carbocycles. The van der Waals surface area contributed by atoms with Crippen LogP contribution in [0.5, 0.6) is 0 Å². The minimum absolute atomic E-state index is 0.0118. The van der Waals surface area contributed by atoms with Crippen LogP contribution in [0.3, 0.4) is 0 Å². The van der Waals surface area contributed by atoms with Gasteiger partial charge in [-0.1, -0.05) is 19.9 Å². The largest absolute Gasteiger partial charge is 0.396 e. The van der Waals surface area contributed by atoms with Crippen molar-refractivity contribution in [3.63, 3.8) is 0 Å². The van der Waals surface area contributed by atoms with Gasteiger partial charge in [-0.25, -0.2) is 9.97 Å². The second kappa shape index (κ2) is 8.92. The van der Waals surface area contributed by atoms with Crippen LogP contribution in [0, 0.1) is 12.3 Å². The second-order valence-electron chi connectivity index (χ2n) is 7.92. The van der Waals surface area contributed by atoms with E-state index in [-0.39, 0.29) is 17.9 Å². The van der Waals surface area contributed by atoms with Gasteiger partial charge in [-0.3, -0.25) is 9.78 Å². The number of nitrogens with one attached hydrogen (secondary N) is 1. The first-order chi connectivity index (χ1) is 13.9. The van der Waals surface area contributed by atoms with Gasteiger partial charge in [-0.05, 0) is 48.4 Å². The molecule has 0 saturated heterocycles. The quantitative estimate of drug-likeness (QED) is 0.647. The van der Waals surface area contributed by atoms with E-state index in [2.05, 4.69) is 20.3 Å². The summed E-state index contributed by atoms with van der Waals surface area (Å²) < 4.78 is 0. The minimum atomic E-state index is -0.358. The second-order valence-corrected chi connectivity index (χ2v) is 7.92. The number of benzene rings is 1. The lowest BCUT2D eigenvalue weighted by Crippen LogP contribution is -2.36. The molecule has 29 heavy (non-hydrogen) atoms. The monoisotopic (exact) mass is 390 g/mol. The lowest BCUT2D eigenvalue weighted by Gasteiger charge is -2.22. The Bertz CT molecular complexity index is 987. The van der Waals surface area contributed by atoms with Crippen LogP contribution in [0.4, 0.5) is 0 Å². The number of pyridine rings is 1. The standard InChI is InChI=1S/C23H26N4O2/c1-16-6-7-17(22(29)26-13-23(2,3)14-28)11-18(16)12-21-19(5-4-9-25-21)20-8-10-24-15-27-20/h4-11,15,28H,12-14H2,1-3H3,(H,26,29). The molecule has 0 aliphatic rings. The number of aryl methyl sites for hydroxylation is 1. The van der Waals surface area contributed by atoms with Crippen molar-refractivity contribution in [3.05, 3.63) is 77.5 Å². The normalized spacial score (nSPS) is 11.3. The molecule has 3 aromatic rings. The molecule has 6 heteroatoms. The van der Waals surface area contributed by atoms with Gasteiger partial charge in [0.25, 0.3) is 5.91 Å². The Balaban J connectivity index is 1.84. The van der Waals surface area contributed by atoms with Crippen molar-refractivity contribution in [2.24, 2.45) is 5.41 Å². The van der Waals surface area contributed by atoms with Crippen molar-refractivity contribution in [2.75, 3.05) is 13.2 Å². The van der Waals surface area contributed by atoms with E-state index in [1.807, 2.05) is 57.2 Å². The summed E-state index contributed by atoms with van der Waals surface area (Å²) in [6.07, 6.45) is 5.59. The molecule has 150 valence electrons. The Morgan fingerprint density at radius 3 is 2.69 bits per heavy atom. The van der Waals surface area contributed by atoms with E-state index in [1.54, 1.807) is 12.4 Å². The van der Waals surface area contributed by atoms with Gasteiger partial charge in [0.1, 0.15) is 6.33 Å². The predicted molar refractivity (Wildman–Crippen MR) is 112 cm³/mol. The van der Waals surface area contributed by atoms with Gasteiger partial charge in [-0.2, -0.15) is 0 Å². The molecule has 0 unspecified atom stereocenters. The van der Waals surface area contributed by atoms with E-state index in [0.717, 1.165) is 28.1 Å². The highest BCUT2D eigenvalue weighted by Gasteiger charge is 2.18. The summed E-state index contributed by atoms with van der Waals surface area (Å²) >= 11 is 0. The number of carbonyl (C=O) groups excluding carboxylic acids is 1. The summed E-state index contributed by atoms with van der Waals surface area (Å²) in [5.74, 6) is -0.148. The molecule has 1 aromatic carbocycles. The van der Waals surface area contributed by atoms with Crippen LogP contribution in [-0.4, -0.2) is 39.1 Å². The van der Waals surface area contributed by atoms with Crippen LogP contribution in [0.2, 0.25) is 0 Å². The third-order valence-corrected chi connectivity index (χ3v) is 4.87. The van der Waals surface area contributed by atoms with Crippen LogP contribution in [0.15, 0.2) is 55.1 Å². The maximum absolute atomic E-state index is 12.6. The van der Waals surface area contributed by atoms with Crippen molar-refractivity contribution in [2.45, 2.75) is 27.2 Å². The smallest absolute Gasteiger partial charge is 0.251 e. The van der Waals surface area contributed by atoms with E-state index in [1.165, 1.54) is 6.33 Å². The van der Waals surface area contributed by atoms with E-state index in [4.69, 9.17) is 0 Å². The number of hydrogen-bond donors (Lipinski definition) is 2. The molecule has 3 rings (SSSR count). The number of aliphatic hydroxyl groups excluding tert-OH is 1. The Morgan fingerprint density at radius 2 is 1.97 bits per heavy atom. The fourth-order valence-electron chi connectivity index (χ4n) is 2.92. The van der Waals surface area contributed by atoms with Gasteiger partial charge in [0, 0.05) is 48.5 Å². The van der Waals surface area contributed by atoms with Crippen LogP contribution in [0.25, 0.3) is 11.3 Å². The summed E-state index contributed by atoms with van der Waals surface area (Å²) in [6.45, 7) is 6.26. The van der Waals surface area contributed by atoms with E-state index in [0.29, 0.717) is 18.5 Å². The SMILES string of the molecule is Cc1ccc(C(=O)NCC(C)(C)CO)cc1Cc1ncccc1-c1ccncn1. The number of aromatic nitrogens is 3. The number of carbonyl (C=O) groups is 1. The number of aliphatic hydroxyl groups is 1. The van der Waals surface area contributed by atoms with Crippen LogP contribution >= 0.6 is 0 Å². The highest BCUT2D eigenvalue weighted by atomic mass is 16.3. The van der Waals surface area contributed by atoms with Crippen molar-refractivity contribution in [1.82, 2.24) is 20.3 Å². The molecule has 0 atom stereocenters. The zero-order valence-corrected chi connectivity index (χ0v) is 17.0. The number of hydrogen-bond acceptors (Lipinski definition) is 5. The summed E-state index contributed by atoms with van der Waals surface area (Å²) in [5, 5.41) is 12.3. The van der Waals surface area contributed by atoms with Crippen LogP contribution in [-0.2, 0) is 6.42 Å². The van der Waals surface area contributed by atoms with Gasteiger partial charge < -0.3 is 10.4 Å².